The number of aromatic nitrogens is 3. The molecule has 0 atom stereocenters. The number of anilines is 1. The van der Waals surface area contributed by atoms with E-state index in [4.69, 9.17) is 4.98 Å². The minimum absolute atomic E-state index is 0.0750. The third-order valence-electron chi connectivity index (χ3n) is 6.52. The zero-order chi connectivity index (χ0) is 24.7. The van der Waals surface area contributed by atoms with Crippen molar-refractivity contribution < 1.29 is 13.2 Å². The second-order valence-electron chi connectivity index (χ2n) is 8.74. The lowest BCUT2D eigenvalue weighted by Gasteiger charge is -2.32. The Bertz CT molecular complexity index is 1460. The van der Waals surface area contributed by atoms with Crippen molar-refractivity contribution in [1.82, 2.24) is 19.9 Å². The molecule has 0 unspecified atom stereocenters. The standard InChI is InChI=1S/C26H24F3N5O/c1-15-14-16(27)6-7-18(15)23-19-8-9-22(35)34(24-20(28)4-3-5-21(24)29)25(19)32-26(31-23)33(2)17-10-12-30-13-11-17/h3-9,14,17,30H,10-13H2,1-2H3. The van der Waals surface area contributed by atoms with Crippen molar-refractivity contribution in [2.45, 2.75) is 25.8 Å². The fraction of sp³-hybridized carbons (Fsp3) is 0.269. The summed E-state index contributed by atoms with van der Waals surface area (Å²) in [5.74, 6) is -1.84. The molecule has 0 radical (unpaired) electrons. The van der Waals surface area contributed by atoms with Crippen molar-refractivity contribution in [3.05, 3.63) is 81.9 Å². The first-order valence-corrected chi connectivity index (χ1v) is 11.4. The van der Waals surface area contributed by atoms with Gasteiger partial charge in [-0.15, -0.1) is 0 Å². The predicted octanol–water partition coefficient (Wildman–Crippen LogP) is 4.36. The normalized spacial score (nSPS) is 14.4. The lowest BCUT2D eigenvalue weighted by molar-refractivity contribution is 0.440. The van der Waals surface area contributed by atoms with E-state index >= 15 is 0 Å². The molecule has 6 nitrogen and oxygen atoms in total. The van der Waals surface area contributed by atoms with Crippen LogP contribution in [-0.4, -0.2) is 40.7 Å². The van der Waals surface area contributed by atoms with Gasteiger partial charge >= 0.3 is 0 Å². The first-order valence-electron chi connectivity index (χ1n) is 11.4. The quantitative estimate of drug-likeness (QED) is 0.471. The van der Waals surface area contributed by atoms with Gasteiger partial charge in [-0.05, 0) is 74.8 Å². The van der Waals surface area contributed by atoms with Gasteiger partial charge in [0.05, 0.1) is 5.69 Å². The van der Waals surface area contributed by atoms with Crippen LogP contribution in [0, 0.1) is 24.4 Å². The topological polar surface area (TPSA) is 63.1 Å². The van der Waals surface area contributed by atoms with Crippen molar-refractivity contribution >= 4 is 17.0 Å². The van der Waals surface area contributed by atoms with E-state index in [0.29, 0.717) is 28.2 Å². The molecule has 1 fully saturated rings. The molecular formula is C26H24F3N5O. The zero-order valence-corrected chi connectivity index (χ0v) is 19.4. The molecule has 2 aromatic heterocycles. The Kier molecular flexibility index (Phi) is 6.02. The minimum Gasteiger partial charge on any atom is -0.341 e. The molecule has 4 aromatic rings. The maximum atomic E-state index is 14.8. The molecule has 9 heteroatoms. The Balaban J connectivity index is 1.84. The number of pyridine rings is 1. The highest BCUT2D eigenvalue weighted by molar-refractivity contribution is 5.93. The molecule has 1 aliphatic rings. The lowest BCUT2D eigenvalue weighted by atomic mass is 10.0. The van der Waals surface area contributed by atoms with E-state index in [2.05, 4.69) is 10.3 Å². The van der Waals surface area contributed by atoms with Gasteiger partial charge in [0.1, 0.15) is 23.1 Å². The maximum absolute atomic E-state index is 14.8. The molecule has 1 N–H and O–H groups in total. The Hall–Kier alpha value is -3.72. The smallest absolute Gasteiger partial charge is 0.256 e. The molecule has 35 heavy (non-hydrogen) atoms. The van der Waals surface area contributed by atoms with Crippen LogP contribution in [0.4, 0.5) is 19.1 Å². The van der Waals surface area contributed by atoms with Gasteiger partial charge in [-0.25, -0.2) is 18.2 Å². The molecule has 0 amide bonds. The third kappa shape index (κ3) is 4.16. The number of aryl methyl sites for hydroxylation is 1. The Morgan fingerprint density at radius 2 is 1.71 bits per heavy atom. The van der Waals surface area contributed by atoms with Crippen LogP contribution in [0.3, 0.4) is 0 Å². The molecule has 0 bridgehead atoms. The van der Waals surface area contributed by atoms with Gasteiger partial charge in [-0.3, -0.25) is 9.36 Å². The number of hydrogen-bond acceptors (Lipinski definition) is 5. The molecular weight excluding hydrogens is 455 g/mol. The average Bonchev–Trinajstić information content (AvgIpc) is 2.84. The highest BCUT2D eigenvalue weighted by Crippen LogP contribution is 2.32. The van der Waals surface area contributed by atoms with Crippen LogP contribution in [-0.2, 0) is 0 Å². The summed E-state index contributed by atoms with van der Waals surface area (Å²) in [6.07, 6.45) is 1.73. The summed E-state index contributed by atoms with van der Waals surface area (Å²) in [7, 11) is 1.87. The van der Waals surface area contributed by atoms with Crippen molar-refractivity contribution in [2.24, 2.45) is 0 Å². The van der Waals surface area contributed by atoms with Gasteiger partial charge in [-0.2, -0.15) is 4.98 Å². The monoisotopic (exact) mass is 479 g/mol. The van der Waals surface area contributed by atoms with Crippen molar-refractivity contribution in [3.8, 4) is 16.9 Å². The number of nitrogens with one attached hydrogen (secondary N) is 1. The molecule has 0 spiro atoms. The van der Waals surface area contributed by atoms with Crippen LogP contribution in [0.1, 0.15) is 18.4 Å². The van der Waals surface area contributed by atoms with Crippen LogP contribution in [0.5, 0.6) is 0 Å². The van der Waals surface area contributed by atoms with Gasteiger partial charge in [0, 0.05) is 30.1 Å². The van der Waals surface area contributed by atoms with Gasteiger partial charge in [0.15, 0.2) is 5.65 Å². The van der Waals surface area contributed by atoms with Crippen LogP contribution >= 0.6 is 0 Å². The number of rotatable bonds is 4. The molecule has 0 aliphatic carbocycles. The molecule has 2 aromatic carbocycles. The van der Waals surface area contributed by atoms with Crippen molar-refractivity contribution in [3.63, 3.8) is 0 Å². The Morgan fingerprint density at radius 1 is 1.00 bits per heavy atom. The number of fused-ring (bicyclic) bond motifs is 1. The molecule has 1 aliphatic heterocycles. The summed E-state index contributed by atoms with van der Waals surface area (Å²) >= 11 is 0. The number of nitrogens with zero attached hydrogens (tertiary/aromatic N) is 4. The number of hydrogen-bond donors (Lipinski definition) is 1. The zero-order valence-electron chi connectivity index (χ0n) is 19.4. The predicted molar refractivity (Wildman–Crippen MR) is 129 cm³/mol. The molecule has 180 valence electrons. The summed E-state index contributed by atoms with van der Waals surface area (Å²) in [6.45, 7) is 3.45. The first-order chi connectivity index (χ1) is 16.8. The summed E-state index contributed by atoms with van der Waals surface area (Å²) < 4.78 is 44.5. The molecule has 3 heterocycles. The summed E-state index contributed by atoms with van der Waals surface area (Å²) in [5.41, 5.74) is 0.671. The fourth-order valence-corrected chi connectivity index (χ4v) is 4.64. The Morgan fingerprint density at radius 3 is 2.40 bits per heavy atom. The molecule has 1 saturated heterocycles. The maximum Gasteiger partial charge on any atom is 0.256 e. The van der Waals surface area contributed by atoms with Gasteiger partial charge in [0.25, 0.3) is 5.56 Å². The highest BCUT2D eigenvalue weighted by atomic mass is 19.1. The summed E-state index contributed by atoms with van der Waals surface area (Å²) in [6, 6.07) is 10.7. The van der Waals surface area contributed by atoms with Gasteiger partial charge in [0.2, 0.25) is 5.95 Å². The van der Waals surface area contributed by atoms with E-state index in [1.807, 2.05) is 11.9 Å². The van der Waals surface area contributed by atoms with E-state index in [1.54, 1.807) is 19.1 Å². The fourth-order valence-electron chi connectivity index (χ4n) is 4.64. The number of benzene rings is 2. The van der Waals surface area contributed by atoms with Gasteiger partial charge in [-0.1, -0.05) is 6.07 Å². The Labute approximate surface area is 200 Å². The van der Waals surface area contributed by atoms with Gasteiger partial charge < -0.3 is 10.2 Å². The number of piperidine rings is 1. The van der Waals surface area contributed by atoms with Crippen molar-refractivity contribution in [2.75, 3.05) is 25.0 Å². The highest BCUT2D eigenvalue weighted by Gasteiger charge is 2.24. The number of halogens is 3. The van der Waals surface area contributed by atoms with Crippen LogP contribution in [0.25, 0.3) is 28.0 Å². The van der Waals surface area contributed by atoms with E-state index in [0.717, 1.165) is 42.6 Å². The first kappa shape index (κ1) is 23.0. The van der Waals surface area contributed by atoms with E-state index in [1.165, 1.54) is 24.3 Å². The molecule has 0 saturated carbocycles. The second kappa shape index (κ2) is 9.14. The van der Waals surface area contributed by atoms with E-state index < -0.39 is 22.9 Å². The van der Waals surface area contributed by atoms with Crippen LogP contribution in [0.2, 0.25) is 0 Å². The molecule has 5 rings (SSSR count). The van der Waals surface area contributed by atoms with E-state index in [-0.39, 0.29) is 17.5 Å². The van der Waals surface area contributed by atoms with E-state index in [9.17, 15) is 18.0 Å². The number of para-hydroxylation sites is 1. The SMILES string of the molecule is Cc1cc(F)ccc1-c1nc(N(C)C2CCNCC2)nc2c1ccc(=O)n2-c1c(F)cccc1F. The van der Waals surface area contributed by atoms with Crippen LogP contribution in [0.15, 0.2) is 53.3 Å². The summed E-state index contributed by atoms with van der Waals surface area (Å²) in [5, 5.41) is 3.74. The average molecular weight is 480 g/mol. The second-order valence-corrected chi connectivity index (χ2v) is 8.74. The summed E-state index contributed by atoms with van der Waals surface area (Å²) in [4.78, 5) is 24.4. The third-order valence-corrected chi connectivity index (χ3v) is 6.52. The van der Waals surface area contributed by atoms with Crippen molar-refractivity contribution in [1.29, 1.82) is 0 Å². The lowest BCUT2D eigenvalue weighted by Crippen LogP contribution is -2.42. The van der Waals surface area contributed by atoms with Crippen LogP contribution < -0.4 is 15.8 Å². The largest absolute Gasteiger partial charge is 0.341 e. The minimum atomic E-state index is -0.883.